The molecular formula is C17H20Cl2N4O3. The SMILES string of the molecule is Cc1nn(CC(C)C)c(Cl)c1C(=O)O[C@@H](C)C(=O)Nc1ccc(Cl)cn1. The maximum Gasteiger partial charge on any atom is 0.343 e. The number of hydrogen-bond donors (Lipinski definition) is 1. The van der Waals surface area contributed by atoms with Crippen molar-refractivity contribution in [3.05, 3.63) is 39.8 Å². The average Bonchev–Trinajstić information content (AvgIpc) is 2.82. The number of esters is 1. The normalized spacial score (nSPS) is 12.1. The number of ether oxygens (including phenoxy) is 1. The lowest BCUT2D eigenvalue weighted by molar-refractivity contribution is -0.123. The van der Waals surface area contributed by atoms with Crippen molar-refractivity contribution in [2.24, 2.45) is 5.92 Å². The summed E-state index contributed by atoms with van der Waals surface area (Å²) in [6.07, 6.45) is 0.365. The first-order valence-corrected chi connectivity index (χ1v) is 8.81. The predicted molar refractivity (Wildman–Crippen MR) is 99.6 cm³/mol. The number of pyridine rings is 1. The molecule has 9 heteroatoms. The summed E-state index contributed by atoms with van der Waals surface area (Å²) in [5, 5.41) is 7.46. The third-order valence-electron chi connectivity index (χ3n) is 3.44. The van der Waals surface area contributed by atoms with Crippen LogP contribution in [0.2, 0.25) is 10.2 Å². The van der Waals surface area contributed by atoms with Crippen LogP contribution in [0, 0.1) is 12.8 Å². The van der Waals surface area contributed by atoms with Crippen LogP contribution in [-0.2, 0) is 16.1 Å². The van der Waals surface area contributed by atoms with Gasteiger partial charge in [-0.05, 0) is 31.9 Å². The monoisotopic (exact) mass is 398 g/mol. The Morgan fingerprint density at radius 2 is 1.96 bits per heavy atom. The largest absolute Gasteiger partial charge is 0.449 e. The van der Waals surface area contributed by atoms with Gasteiger partial charge >= 0.3 is 5.97 Å². The van der Waals surface area contributed by atoms with Gasteiger partial charge in [-0.3, -0.25) is 9.48 Å². The van der Waals surface area contributed by atoms with E-state index in [4.69, 9.17) is 27.9 Å². The van der Waals surface area contributed by atoms with Crippen LogP contribution < -0.4 is 5.32 Å². The molecule has 1 amide bonds. The molecular weight excluding hydrogens is 379 g/mol. The van der Waals surface area contributed by atoms with Crippen LogP contribution in [0.5, 0.6) is 0 Å². The zero-order valence-electron chi connectivity index (χ0n) is 14.9. The molecule has 0 bridgehead atoms. The van der Waals surface area contributed by atoms with Crippen LogP contribution in [0.25, 0.3) is 0 Å². The number of aryl methyl sites for hydroxylation is 1. The van der Waals surface area contributed by atoms with Crippen molar-refractivity contribution in [3.8, 4) is 0 Å². The zero-order chi connectivity index (χ0) is 19.4. The molecule has 1 N–H and O–H groups in total. The van der Waals surface area contributed by atoms with Gasteiger partial charge in [0.25, 0.3) is 5.91 Å². The Bertz CT molecular complexity index is 803. The van der Waals surface area contributed by atoms with Crippen molar-refractivity contribution in [3.63, 3.8) is 0 Å². The number of anilines is 1. The van der Waals surface area contributed by atoms with E-state index in [1.54, 1.807) is 23.7 Å². The number of aromatic nitrogens is 3. The van der Waals surface area contributed by atoms with Crippen molar-refractivity contribution in [2.75, 3.05) is 5.32 Å². The van der Waals surface area contributed by atoms with Gasteiger partial charge in [0.1, 0.15) is 16.5 Å². The summed E-state index contributed by atoms with van der Waals surface area (Å²) in [6, 6.07) is 3.14. The van der Waals surface area contributed by atoms with Crippen molar-refractivity contribution >= 4 is 40.9 Å². The fourth-order valence-electron chi connectivity index (χ4n) is 2.20. The van der Waals surface area contributed by atoms with Gasteiger partial charge in [-0.2, -0.15) is 5.10 Å². The lowest BCUT2D eigenvalue weighted by Gasteiger charge is -2.13. The van der Waals surface area contributed by atoms with Crippen LogP contribution in [0.15, 0.2) is 18.3 Å². The minimum absolute atomic E-state index is 0.164. The van der Waals surface area contributed by atoms with Crippen LogP contribution in [0.1, 0.15) is 36.8 Å². The summed E-state index contributed by atoms with van der Waals surface area (Å²) in [5.41, 5.74) is 0.615. The number of amides is 1. The number of hydrogen-bond acceptors (Lipinski definition) is 5. The third kappa shape index (κ3) is 4.95. The van der Waals surface area contributed by atoms with Crippen LogP contribution in [-0.4, -0.2) is 32.7 Å². The van der Waals surface area contributed by atoms with Gasteiger partial charge in [-0.25, -0.2) is 9.78 Å². The molecule has 2 aromatic rings. The number of nitrogens with zero attached hydrogens (tertiary/aromatic N) is 3. The van der Waals surface area contributed by atoms with E-state index in [1.807, 2.05) is 13.8 Å². The van der Waals surface area contributed by atoms with E-state index in [0.717, 1.165) is 0 Å². The van der Waals surface area contributed by atoms with Crippen LogP contribution in [0.3, 0.4) is 0 Å². The first kappa shape index (κ1) is 20.2. The highest BCUT2D eigenvalue weighted by atomic mass is 35.5. The van der Waals surface area contributed by atoms with E-state index in [2.05, 4.69) is 15.4 Å². The molecule has 0 spiro atoms. The second kappa shape index (κ2) is 8.51. The molecule has 140 valence electrons. The summed E-state index contributed by atoms with van der Waals surface area (Å²) in [7, 11) is 0. The Labute approximate surface area is 161 Å². The topological polar surface area (TPSA) is 86.1 Å². The summed E-state index contributed by atoms with van der Waals surface area (Å²) < 4.78 is 6.79. The molecule has 0 saturated heterocycles. The highest BCUT2D eigenvalue weighted by molar-refractivity contribution is 6.32. The van der Waals surface area contributed by atoms with Crippen LogP contribution in [0.4, 0.5) is 5.82 Å². The Morgan fingerprint density at radius 1 is 1.27 bits per heavy atom. The Morgan fingerprint density at radius 3 is 2.54 bits per heavy atom. The summed E-state index contributed by atoms with van der Waals surface area (Å²) in [6.45, 7) is 7.74. The first-order chi connectivity index (χ1) is 12.2. The van der Waals surface area contributed by atoms with E-state index in [1.165, 1.54) is 13.1 Å². The van der Waals surface area contributed by atoms with Gasteiger partial charge < -0.3 is 10.1 Å². The molecule has 26 heavy (non-hydrogen) atoms. The van der Waals surface area contributed by atoms with Gasteiger partial charge in [-0.1, -0.05) is 37.0 Å². The van der Waals surface area contributed by atoms with E-state index in [-0.39, 0.29) is 10.7 Å². The highest BCUT2D eigenvalue weighted by Crippen LogP contribution is 2.22. The average molecular weight is 399 g/mol. The fraction of sp³-hybridized carbons (Fsp3) is 0.412. The van der Waals surface area contributed by atoms with Crippen molar-refractivity contribution in [2.45, 2.75) is 40.3 Å². The Kier molecular flexibility index (Phi) is 6.61. The number of rotatable bonds is 6. The molecule has 0 aromatic carbocycles. The number of carbonyl (C=O) groups is 2. The lowest BCUT2D eigenvalue weighted by atomic mass is 10.2. The highest BCUT2D eigenvalue weighted by Gasteiger charge is 2.26. The smallest absolute Gasteiger partial charge is 0.343 e. The van der Waals surface area contributed by atoms with E-state index < -0.39 is 18.0 Å². The predicted octanol–water partition coefficient (Wildman–Crippen LogP) is 3.73. The van der Waals surface area contributed by atoms with E-state index >= 15 is 0 Å². The third-order valence-corrected chi connectivity index (χ3v) is 4.05. The van der Waals surface area contributed by atoms with Gasteiger partial charge in [0.15, 0.2) is 6.10 Å². The molecule has 0 fully saturated rings. The van der Waals surface area contributed by atoms with Gasteiger partial charge in [0, 0.05) is 12.7 Å². The molecule has 0 radical (unpaired) electrons. The zero-order valence-corrected chi connectivity index (χ0v) is 16.4. The minimum atomic E-state index is -1.04. The lowest BCUT2D eigenvalue weighted by Crippen LogP contribution is -2.30. The van der Waals surface area contributed by atoms with Gasteiger partial charge in [-0.15, -0.1) is 0 Å². The Hall–Kier alpha value is -2.12. The number of halogens is 2. The molecule has 1 atom stereocenters. The molecule has 0 aliphatic carbocycles. The van der Waals surface area contributed by atoms with Gasteiger partial charge in [0.2, 0.25) is 0 Å². The molecule has 7 nitrogen and oxygen atoms in total. The molecule has 2 aromatic heterocycles. The van der Waals surface area contributed by atoms with E-state index in [0.29, 0.717) is 29.0 Å². The second-order valence-corrected chi connectivity index (χ2v) is 7.02. The second-order valence-electron chi connectivity index (χ2n) is 6.23. The Balaban J connectivity index is 2.05. The summed E-state index contributed by atoms with van der Waals surface area (Å²) >= 11 is 12.0. The van der Waals surface area contributed by atoms with Crippen LogP contribution >= 0.6 is 23.2 Å². The van der Waals surface area contributed by atoms with Crippen molar-refractivity contribution < 1.29 is 14.3 Å². The maximum absolute atomic E-state index is 12.4. The maximum atomic E-state index is 12.4. The molecule has 0 saturated carbocycles. The molecule has 0 aliphatic heterocycles. The molecule has 2 heterocycles. The minimum Gasteiger partial charge on any atom is -0.449 e. The molecule has 0 aliphatic rings. The number of carbonyl (C=O) groups excluding carboxylic acids is 2. The molecule has 2 rings (SSSR count). The number of nitrogens with one attached hydrogen (secondary N) is 1. The first-order valence-electron chi connectivity index (χ1n) is 8.05. The van der Waals surface area contributed by atoms with Gasteiger partial charge in [0.05, 0.1) is 10.7 Å². The van der Waals surface area contributed by atoms with Crippen molar-refractivity contribution in [1.82, 2.24) is 14.8 Å². The summed E-state index contributed by atoms with van der Waals surface area (Å²) in [4.78, 5) is 28.6. The quantitative estimate of drug-likeness (QED) is 0.748. The summed E-state index contributed by atoms with van der Waals surface area (Å²) in [5.74, 6) is -0.598. The molecule has 0 unspecified atom stereocenters. The fourth-order valence-corrected chi connectivity index (χ4v) is 2.64. The van der Waals surface area contributed by atoms with E-state index in [9.17, 15) is 9.59 Å². The standard InChI is InChI=1S/C17H20Cl2N4O3/c1-9(2)8-23-15(19)14(10(3)22-23)17(25)26-11(4)16(24)21-13-6-5-12(18)7-20-13/h5-7,9,11H,8H2,1-4H3,(H,20,21,24)/t11-/m0/s1. The van der Waals surface area contributed by atoms with Crippen molar-refractivity contribution in [1.29, 1.82) is 0 Å².